The number of carbonyl (C=O) groups is 1. The highest BCUT2D eigenvalue weighted by molar-refractivity contribution is 6.23. The molecule has 2 unspecified atom stereocenters. The third-order valence-corrected chi connectivity index (χ3v) is 4.83. The minimum Gasteiger partial charge on any atom is -0.471 e. The Bertz CT molecular complexity index is 789. The van der Waals surface area contributed by atoms with Crippen LogP contribution in [-0.4, -0.2) is 40.4 Å². The molecular formula is C18H20ClF2N3O2. The Hall–Kier alpha value is -2.15. The van der Waals surface area contributed by atoms with Crippen LogP contribution in [0.1, 0.15) is 31.0 Å². The molecule has 0 spiro atoms. The average Bonchev–Trinajstić information content (AvgIpc) is 2.91. The molecule has 0 saturated carbocycles. The Kier molecular flexibility index (Phi) is 4.92. The summed E-state index contributed by atoms with van der Waals surface area (Å²) >= 11 is 6.23. The van der Waals surface area contributed by atoms with Crippen molar-refractivity contribution in [1.82, 2.24) is 15.2 Å². The maximum absolute atomic E-state index is 12.9. The molecule has 2 aliphatic heterocycles. The van der Waals surface area contributed by atoms with Crippen molar-refractivity contribution in [1.29, 1.82) is 0 Å². The molecular weight excluding hydrogens is 364 g/mol. The highest BCUT2D eigenvalue weighted by atomic mass is 35.5. The summed E-state index contributed by atoms with van der Waals surface area (Å²) in [7, 11) is 0. The zero-order valence-corrected chi connectivity index (χ0v) is 15.5. The van der Waals surface area contributed by atoms with Gasteiger partial charge in [-0.25, -0.2) is 13.8 Å². The molecule has 0 saturated heterocycles. The van der Waals surface area contributed by atoms with E-state index in [0.717, 1.165) is 18.1 Å². The highest BCUT2D eigenvalue weighted by Gasteiger charge is 2.36. The molecule has 140 valence electrons. The van der Waals surface area contributed by atoms with Gasteiger partial charge in [0.05, 0.1) is 6.04 Å². The molecule has 0 aliphatic carbocycles. The van der Waals surface area contributed by atoms with Gasteiger partial charge < -0.3 is 15.0 Å². The highest BCUT2D eigenvalue weighted by Crippen LogP contribution is 2.34. The second-order valence-electron chi connectivity index (χ2n) is 6.66. The predicted molar refractivity (Wildman–Crippen MR) is 94.2 cm³/mol. The smallest absolute Gasteiger partial charge is 0.278 e. The maximum atomic E-state index is 12.9. The molecule has 5 nitrogen and oxygen atoms in total. The summed E-state index contributed by atoms with van der Waals surface area (Å²) in [5.41, 5.74) is 2.50. The number of rotatable bonds is 5. The third kappa shape index (κ3) is 3.67. The van der Waals surface area contributed by atoms with Gasteiger partial charge in [-0.15, -0.1) is 0 Å². The van der Waals surface area contributed by atoms with Gasteiger partial charge in [0.2, 0.25) is 5.88 Å². The van der Waals surface area contributed by atoms with Gasteiger partial charge in [0, 0.05) is 30.8 Å². The van der Waals surface area contributed by atoms with E-state index in [0.29, 0.717) is 17.7 Å². The SMILES string of the molecule is Cc1cc(C(C)N2CC3=C(C=CNC3Cl)C2=O)cnc1OCC(C)(F)F. The number of alkyl halides is 3. The van der Waals surface area contributed by atoms with E-state index in [-0.39, 0.29) is 17.8 Å². The number of halogens is 3. The summed E-state index contributed by atoms with van der Waals surface area (Å²) in [6, 6.07) is 1.57. The summed E-state index contributed by atoms with van der Waals surface area (Å²) in [4.78, 5) is 18.5. The standard InChI is InChI=1S/C18H20ClF2N3O2/c1-10-6-12(7-23-16(10)26-9-18(3,20)21)11(2)24-8-14-13(17(24)25)4-5-22-15(14)19/h4-7,11,15,22H,8-9H2,1-3H3. The summed E-state index contributed by atoms with van der Waals surface area (Å²) in [6.45, 7) is 4.13. The normalized spacial score (nSPS) is 20.9. The van der Waals surface area contributed by atoms with Gasteiger partial charge in [-0.2, -0.15) is 0 Å². The Balaban J connectivity index is 1.75. The number of amides is 1. The largest absolute Gasteiger partial charge is 0.471 e. The first-order valence-electron chi connectivity index (χ1n) is 8.25. The summed E-state index contributed by atoms with van der Waals surface area (Å²) < 4.78 is 31.0. The Morgan fingerprint density at radius 1 is 1.54 bits per heavy atom. The molecule has 3 heterocycles. The molecule has 1 aromatic rings. The van der Waals surface area contributed by atoms with Gasteiger partial charge in [0.1, 0.15) is 5.50 Å². The monoisotopic (exact) mass is 383 g/mol. The van der Waals surface area contributed by atoms with Crippen LogP contribution < -0.4 is 10.1 Å². The molecule has 1 N–H and O–H groups in total. The quantitative estimate of drug-likeness (QED) is 0.626. The maximum Gasteiger partial charge on any atom is 0.278 e. The van der Waals surface area contributed by atoms with Gasteiger partial charge in [-0.3, -0.25) is 4.79 Å². The number of aryl methyl sites for hydroxylation is 1. The van der Waals surface area contributed by atoms with E-state index in [1.54, 1.807) is 36.4 Å². The molecule has 0 bridgehead atoms. The van der Waals surface area contributed by atoms with Gasteiger partial charge in [-0.1, -0.05) is 11.6 Å². The molecule has 0 aromatic carbocycles. The first-order valence-corrected chi connectivity index (χ1v) is 8.69. The first kappa shape index (κ1) is 18.6. The lowest BCUT2D eigenvalue weighted by atomic mass is 10.1. The van der Waals surface area contributed by atoms with E-state index in [4.69, 9.17) is 16.3 Å². The fraction of sp³-hybridized carbons (Fsp3) is 0.444. The molecule has 2 aliphatic rings. The number of dihydropyridines is 1. The summed E-state index contributed by atoms with van der Waals surface area (Å²) in [6.07, 6.45) is 4.95. The number of carbonyl (C=O) groups excluding carboxylic acids is 1. The Morgan fingerprint density at radius 3 is 2.88 bits per heavy atom. The molecule has 2 atom stereocenters. The molecule has 1 aromatic heterocycles. The van der Waals surface area contributed by atoms with Crippen molar-refractivity contribution in [2.24, 2.45) is 0 Å². The predicted octanol–water partition coefficient (Wildman–Crippen LogP) is 3.31. The molecule has 1 amide bonds. The van der Waals surface area contributed by atoms with Crippen LogP contribution in [0.3, 0.4) is 0 Å². The van der Waals surface area contributed by atoms with E-state index in [2.05, 4.69) is 10.3 Å². The number of aromatic nitrogens is 1. The minimum atomic E-state index is -2.92. The molecule has 0 fully saturated rings. The number of hydrogen-bond donors (Lipinski definition) is 1. The number of ether oxygens (including phenoxy) is 1. The van der Waals surface area contributed by atoms with Gasteiger partial charge in [0.25, 0.3) is 11.8 Å². The van der Waals surface area contributed by atoms with Crippen LogP contribution in [0.5, 0.6) is 5.88 Å². The lowest BCUT2D eigenvalue weighted by molar-refractivity contribution is -0.127. The fourth-order valence-electron chi connectivity index (χ4n) is 3.00. The van der Waals surface area contributed by atoms with Crippen molar-refractivity contribution in [3.8, 4) is 5.88 Å². The zero-order chi connectivity index (χ0) is 19.1. The van der Waals surface area contributed by atoms with Crippen LogP contribution >= 0.6 is 11.6 Å². The number of nitrogens with one attached hydrogen (secondary N) is 1. The van der Waals surface area contributed by atoms with Crippen molar-refractivity contribution >= 4 is 17.5 Å². The van der Waals surface area contributed by atoms with Crippen LogP contribution in [-0.2, 0) is 4.79 Å². The van der Waals surface area contributed by atoms with Crippen LogP contribution in [0.4, 0.5) is 8.78 Å². The Morgan fingerprint density at radius 2 is 2.27 bits per heavy atom. The first-order chi connectivity index (χ1) is 12.2. The molecule has 3 rings (SSSR count). The van der Waals surface area contributed by atoms with Crippen molar-refractivity contribution in [2.45, 2.75) is 38.2 Å². The summed E-state index contributed by atoms with van der Waals surface area (Å²) in [5.74, 6) is -2.84. The van der Waals surface area contributed by atoms with Crippen LogP contribution in [0, 0.1) is 6.92 Å². The second-order valence-corrected chi connectivity index (χ2v) is 7.10. The van der Waals surface area contributed by atoms with Crippen molar-refractivity contribution < 1.29 is 18.3 Å². The van der Waals surface area contributed by atoms with Crippen LogP contribution in [0.25, 0.3) is 0 Å². The van der Waals surface area contributed by atoms with Crippen molar-refractivity contribution in [3.05, 3.63) is 46.8 Å². The zero-order valence-electron chi connectivity index (χ0n) is 14.7. The van der Waals surface area contributed by atoms with Crippen molar-refractivity contribution in [2.75, 3.05) is 13.2 Å². The van der Waals surface area contributed by atoms with E-state index < -0.39 is 18.0 Å². The number of hydrogen-bond acceptors (Lipinski definition) is 4. The average molecular weight is 384 g/mol. The topological polar surface area (TPSA) is 54.5 Å². The summed E-state index contributed by atoms with van der Waals surface area (Å²) in [5, 5.41) is 2.97. The van der Waals surface area contributed by atoms with Crippen LogP contribution in [0.2, 0.25) is 0 Å². The lowest BCUT2D eigenvalue weighted by Crippen LogP contribution is -2.31. The lowest BCUT2D eigenvalue weighted by Gasteiger charge is -2.26. The number of nitrogens with zero attached hydrogens (tertiary/aromatic N) is 2. The Labute approximate surface area is 155 Å². The minimum absolute atomic E-state index is 0.0838. The number of pyridine rings is 1. The fourth-order valence-corrected chi connectivity index (χ4v) is 3.25. The van der Waals surface area contributed by atoms with Crippen molar-refractivity contribution in [3.63, 3.8) is 0 Å². The van der Waals surface area contributed by atoms with E-state index >= 15 is 0 Å². The van der Waals surface area contributed by atoms with E-state index in [9.17, 15) is 13.6 Å². The van der Waals surface area contributed by atoms with Gasteiger partial charge >= 0.3 is 0 Å². The molecule has 26 heavy (non-hydrogen) atoms. The van der Waals surface area contributed by atoms with E-state index in [1.165, 1.54) is 0 Å². The third-order valence-electron chi connectivity index (χ3n) is 4.44. The molecule has 8 heteroatoms. The van der Waals surface area contributed by atoms with Gasteiger partial charge in [0.15, 0.2) is 6.61 Å². The van der Waals surface area contributed by atoms with E-state index in [1.807, 2.05) is 6.92 Å². The molecule has 0 radical (unpaired) electrons. The van der Waals surface area contributed by atoms with Gasteiger partial charge in [-0.05, 0) is 43.3 Å². The van der Waals surface area contributed by atoms with Crippen LogP contribution in [0.15, 0.2) is 35.7 Å². The second kappa shape index (κ2) is 6.87.